The Balaban J connectivity index is 1.16. The van der Waals surface area contributed by atoms with Crippen molar-refractivity contribution in [2.75, 3.05) is 0 Å². The van der Waals surface area contributed by atoms with E-state index in [9.17, 15) is 0 Å². The van der Waals surface area contributed by atoms with E-state index >= 15 is 0 Å². The molecule has 0 saturated heterocycles. The maximum atomic E-state index is 2.47. The minimum atomic E-state index is 1.23. The van der Waals surface area contributed by atoms with E-state index in [0.29, 0.717) is 0 Å². The highest BCUT2D eigenvalue weighted by atomic mass is 32.1. The quantitative estimate of drug-likeness (QED) is 0.188. The minimum absolute atomic E-state index is 1.23. The number of para-hydroxylation sites is 1. The van der Waals surface area contributed by atoms with Crippen LogP contribution >= 0.6 is 22.7 Å². The maximum Gasteiger partial charge on any atom is 0.0640 e. The monoisotopic (exact) mass is 607 g/mol. The summed E-state index contributed by atoms with van der Waals surface area (Å²) in [6.07, 6.45) is 0. The second-order valence-electron chi connectivity index (χ2n) is 11.7. The molecule has 0 radical (unpaired) electrons. The molecule has 0 unspecified atom stereocenters. The molecular weight excluding hydrogens is 583 g/mol. The average Bonchev–Trinajstić information content (AvgIpc) is 3.77. The van der Waals surface area contributed by atoms with Crippen LogP contribution in [0.25, 0.3) is 90.1 Å². The standard InChI is InChI=1S/C42H25NS2/c1-2-9-26(10-3-1)27-18-21-37-34(23-27)30-11-4-6-14-36(30)43(37)38-15-8-13-33-35-24-28(19-22-40(35)45-42(33)38)29-17-20-32-31-12-5-7-16-39(31)44-41(32)25-29/h1-25H. The number of aromatic nitrogens is 1. The van der Waals surface area contributed by atoms with Gasteiger partial charge in [-0.2, -0.15) is 0 Å². The number of benzene rings is 7. The topological polar surface area (TPSA) is 4.93 Å². The molecular formula is C42H25NS2. The summed E-state index contributed by atoms with van der Waals surface area (Å²) in [5.74, 6) is 0. The second-order valence-corrected chi connectivity index (χ2v) is 13.9. The molecule has 10 aromatic rings. The van der Waals surface area contributed by atoms with Crippen molar-refractivity contribution >= 4 is 84.8 Å². The van der Waals surface area contributed by atoms with Crippen LogP contribution < -0.4 is 0 Å². The Bertz CT molecular complexity index is 2760. The van der Waals surface area contributed by atoms with Gasteiger partial charge in [-0.25, -0.2) is 0 Å². The van der Waals surface area contributed by atoms with Gasteiger partial charge in [-0.1, -0.05) is 103 Å². The van der Waals surface area contributed by atoms with Gasteiger partial charge in [0.05, 0.1) is 21.4 Å². The van der Waals surface area contributed by atoms with E-state index in [-0.39, 0.29) is 0 Å². The number of rotatable bonds is 3. The van der Waals surface area contributed by atoms with Gasteiger partial charge < -0.3 is 4.57 Å². The first kappa shape index (κ1) is 25.1. The van der Waals surface area contributed by atoms with E-state index in [2.05, 4.69) is 156 Å². The van der Waals surface area contributed by atoms with Crippen molar-refractivity contribution in [2.24, 2.45) is 0 Å². The maximum absolute atomic E-state index is 2.47. The van der Waals surface area contributed by atoms with Crippen LogP contribution in [0.3, 0.4) is 0 Å². The van der Waals surface area contributed by atoms with E-state index in [1.54, 1.807) is 0 Å². The summed E-state index contributed by atoms with van der Waals surface area (Å²) < 4.78 is 7.79. The van der Waals surface area contributed by atoms with Crippen molar-refractivity contribution in [2.45, 2.75) is 0 Å². The lowest BCUT2D eigenvalue weighted by Gasteiger charge is -2.10. The summed E-state index contributed by atoms with van der Waals surface area (Å²) in [4.78, 5) is 0. The van der Waals surface area contributed by atoms with Crippen molar-refractivity contribution in [3.63, 3.8) is 0 Å². The molecule has 0 spiro atoms. The van der Waals surface area contributed by atoms with Crippen LogP contribution in [-0.2, 0) is 0 Å². The van der Waals surface area contributed by atoms with Crippen LogP contribution in [0, 0.1) is 0 Å². The molecule has 0 amide bonds. The van der Waals surface area contributed by atoms with Crippen LogP contribution in [0.2, 0.25) is 0 Å². The predicted octanol–water partition coefficient (Wildman–Crippen LogP) is 12.9. The first-order chi connectivity index (χ1) is 22.3. The van der Waals surface area contributed by atoms with Crippen LogP contribution in [0.5, 0.6) is 0 Å². The van der Waals surface area contributed by atoms with E-state index in [1.807, 2.05) is 22.7 Å². The highest BCUT2D eigenvalue weighted by molar-refractivity contribution is 7.26. The normalized spacial score (nSPS) is 12.0. The molecule has 3 heterocycles. The van der Waals surface area contributed by atoms with Gasteiger partial charge >= 0.3 is 0 Å². The average molecular weight is 608 g/mol. The third-order valence-corrected chi connectivity index (χ3v) is 11.6. The van der Waals surface area contributed by atoms with Crippen LogP contribution in [0.15, 0.2) is 152 Å². The zero-order chi connectivity index (χ0) is 29.5. The third kappa shape index (κ3) is 3.78. The second kappa shape index (κ2) is 9.64. The number of nitrogens with zero attached hydrogens (tertiary/aromatic N) is 1. The third-order valence-electron chi connectivity index (χ3n) is 9.21. The van der Waals surface area contributed by atoms with Gasteiger partial charge in [-0.15, -0.1) is 22.7 Å². The molecule has 0 saturated carbocycles. The van der Waals surface area contributed by atoms with Gasteiger partial charge in [0, 0.05) is 46.4 Å². The summed E-state index contributed by atoms with van der Waals surface area (Å²) in [6.45, 7) is 0. The van der Waals surface area contributed by atoms with Crippen molar-refractivity contribution in [1.82, 2.24) is 4.57 Å². The highest BCUT2D eigenvalue weighted by Gasteiger charge is 2.17. The Kier molecular flexibility index (Phi) is 5.39. The Hall–Kier alpha value is -5.22. The summed E-state index contributed by atoms with van der Waals surface area (Å²) >= 11 is 3.77. The fourth-order valence-electron chi connectivity index (χ4n) is 7.09. The first-order valence-electron chi connectivity index (χ1n) is 15.3. The van der Waals surface area contributed by atoms with Gasteiger partial charge in [-0.05, 0) is 70.8 Å². The lowest BCUT2D eigenvalue weighted by atomic mass is 10.0. The molecule has 45 heavy (non-hydrogen) atoms. The van der Waals surface area contributed by atoms with Gasteiger partial charge in [-0.3, -0.25) is 0 Å². The Morgan fingerprint density at radius 1 is 0.333 bits per heavy atom. The van der Waals surface area contributed by atoms with E-state index < -0.39 is 0 Å². The van der Waals surface area contributed by atoms with Gasteiger partial charge in [0.15, 0.2) is 0 Å². The number of hydrogen-bond acceptors (Lipinski definition) is 2. The SMILES string of the molecule is c1ccc(-c2ccc3c(c2)c2ccccc2n3-c2cccc3c2sc2ccc(-c4ccc5c(c4)sc4ccccc45)cc23)cc1. The molecule has 0 N–H and O–H groups in total. The fourth-order valence-corrected chi connectivity index (χ4v) is 9.42. The smallest absolute Gasteiger partial charge is 0.0640 e. The van der Waals surface area contributed by atoms with Crippen molar-refractivity contribution < 1.29 is 0 Å². The highest BCUT2D eigenvalue weighted by Crippen LogP contribution is 2.43. The molecule has 3 aromatic heterocycles. The van der Waals surface area contributed by atoms with Gasteiger partial charge in [0.1, 0.15) is 0 Å². The Morgan fingerprint density at radius 3 is 1.91 bits per heavy atom. The molecule has 0 atom stereocenters. The summed E-state index contributed by atoms with van der Waals surface area (Å²) in [5.41, 5.74) is 8.72. The molecule has 0 aliphatic rings. The van der Waals surface area contributed by atoms with Crippen LogP contribution in [0.4, 0.5) is 0 Å². The van der Waals surface area contributed by atoms with Crippen molar-refractivity contribution in [3.8, 4) is 27.9 Å². The van der Waals surface area contributed by atoms with E-state index in [1.165, 1.54) is 90.1 Å². The molecule has 10 rings (SSSR count). The van der Waals surface area contributed by atoms with Crippen LogP contribution in [0.1, 0.15) is 0 Å². The largest absolute Gasteiger partial charge is 0.308 e. The lowest BCUT2D eigenvalue weighted by Crippen LogP contribution is -1.93. The molecule has 3 heteroatoms. The molecule has 0 bridgehead atoms. The Morgan fingerprint density at radius 2 is 0.978 bits per heavy atom. The number of thiophene rings is 2. The molecule has 1 nitrogen and oxygen atoms in total. The van der Waals surface area contributed by atoms with Gasteiger partial charge in [0.2, 0.25) is 0 Å². The Labute approximate surface area is 267 Å². The van der Waals surface area contributed by atoms with E-state index in [0.717, 1.165) is 0 Å². The summed E-state index contributed by atoms with van der Waals surface area (Å²) in [7, 11) is 0. The first-order valence-corrected chi connectivity index (χ1v) is 16.9. The summed E-state index contributed by atoms with van der Waals surface area (Å²) in [6, 6.07) is 55.8. The fraction of sp³-hybridized carbons (Fsp3) is 0. The van der Waals surface area contributed by atoms with Gasteiger partial charge in [0.25, 0.3) is 0 Å². The summed E-state index contributed by atoms with van der Waals surface area (Å²) in [5, 5.41) is 7.87. The molecule has 7 aromatic carbocycles. The zero-order valence-corrected chi connectivity index (χ0v) is 25.8. The molecule has 0 aliphatic heterocycles. The van der Waals surface area contributed by atoms with Crippen molar-refractivity contribution in [3.05, 3.63) is 152 Å². The predicted molar refractivity (Wildman–Crippen MR) is 197 cm³/mol. The molecule has 0 aliphatic carbocycles. The number of hydrogen-bond donors (Lipinski definition) is 0. The molecule has 210 valence electrons. The minimum Gasteiger partial charge on any atom is -0.308 e. The molecule has 0 fully saturated rings. The zero-order valence-electron chi connectivity index (χ0n) is 24.2. The van der Waals surface area contributed by atoms with Crippen LogP contribution in [-0.4, -0.2) is 4.57 Å². The number of fused-ring (bicyclic) bond motifs is 9. The van der Waals surface area contributed by atoms with E-state index in [4.69, 9.17) is 0 Å². The lowest BCUT2D eigenvalue weighted by molar-refractivity contribution is 1.20. The van der Waals surface area contributed by atoms with Crippen molar-refractivity contribution in [1.29, 1.82) is 0 Å².